The third-order valence-corrected chi connectivity index (χ3v) is 3.80. The summed E-state index contributed by atoms with van der Waals surface area (Å²) in [5.74, 6) is -0.444. The third kappa shape index (κ3) is 2.55. The molecule has 0 unspecified atom stereocenters. The van der Waals surface area contributed by atoms with Crippen LogP contribution >= 0.6 is 34.8 Å². The summed E-state index contributed by atoms with van der Waals surface area (Å²) >= 11 is 18.2. The fourth-order valence-corrected chi connectivity index (χ4v) is 2.80. The van der Waals surface area contributed by atoms with Gasteiger partial charge in [-0.3, -0.25) is 0 Å². The van der Waals surface area contributed by atoms with Crippen molar-refractivity contribution < 1.29 is 9.13 Å². The summed E-state index contributed by atoms with van der Waals surface area (Å²) in [6.07, 6.45) is 1.91. The number of benzene rings is 1. The number of nitrogens with zero attached hydrogens (tertiary/aromatic N) is 2. The number of rotatable bonds is 3. The van der Waals surface area contributed by atoms with Crippen LogP contribution in [0.4, 0.5) is 4.39 Å². The second kappa shape index (κ2) is 6.12. The third-order valence-electron chi connectivity index (χ3n) is 2.77. The first-order valence-electron chi connectivity index (χ1n) is 5.72. The Labute approximate surface area is 130 Å². The Morgan fingerprint density at radius 2 is 1.90 bits per heavy atom. The van der Waals surface area contributed by atoms with E-state index >= 15 is 0 Å². The van der Waals surface area contributed by atoms with Crippen molar-refractivity contribution in [3.05, 3.63) is 39.0 Å². The van der Waals surface area contributed by atoms with Gasteiger partial charge in [0.1, 0.15) is 12.1 Å². The van der Waals surface area contributed by atoms with Gasteiger partial charge in [-0.25, -0.2) is 14.4 Å². The predicted molar refractivity (Wildman–Crippen MR) is 78.4 cm³/mol. The van der Waals surface area contributed by atoms with Crippen LogP contribution in [0, 0.1) is 5.82 Å². The van der Waals surface area contributed by atoms with Crippen molar-refractivity contribution in [3.8, 4) is 17.0 Å². The first-order valence-corrected chi connectivity index (χ1v) is 6.85. The number of hydrogen-bond acceptors (Lipinski definition) is 3. The van der Waals surface area contributed by atoms with Crippen LogP contribution in [-0.2, 0) is 6.42 Å². The van der Waals surface area contributed by atoms with Gasteiger partial charge in [-0.1, -0.05) is 41.7 Å². The number of halogens is 4. The molecule has 20 heavy (non-hydrogen) atoms. The fraction of sp³-hybridized carbons (Fsp3) is 0.231. The zero-order valence-electron chi connectivity index (χ0n) is 10.7. The molecule has 7 heteroatoms. The number of hydrogen-bond donors (Lipinski definition) is 0. The summed E-state index contributed by atoms with van der Waals surface area (Å²) in [4.78, 5) is 8.05. The van der Waals surface area contributed by atoms with Crippen LogP contribution < -0.4 is 4.74 Å². The van der Waals surface area contributed by atoms with Crippen molar-refractivity contribution >= 4 is 34.8 Å². The van der Waals surface area contributed by atoms with Gasteiger partial charge < -0.3 is 4.74 Å². The lowest BCUT2D eigenvalue weighted by atomic mass is 10.1. The molecule has 106 valence electrons. The molecule has 1 aromatic carbocycles. The quantitative estimate of drug-likeness (QED) is 0.807. The van der Waals surface area contributed by atoms with Crippen LogP contribution in [0.15, 0.2) is 12.4 Å². The molecule has 0 saturated carbocycles. The molecule has 0 aliphatic rings. The van der Waals surface area contributed by atoms with E-state index in [1.807, 2.05) is 6.92 Å². The lowest BCUT2D eigenvalue weighted by Crippen LogP contribution is -1.98. The molecule has 0 radical (unpaired) electrons. The lowest BCUT2D eigenvalue weighted by molar-refractivity contribution is 0.414. The summed E-state index contributed by atoms with van der Waals surface area (Å²) < 4.78 is 19.3. The van der Waals surface area contributed by atoms with Gasteiger partial charge >= 0.3 is 0 Å². The highest BCUT2D eigenvalue weighted by Crippen LogP contribution is 2.43. The minimum absolute atomic E-state index is 0.0279. The van der Waals surface area contributed by atoms with Crippen molar-refractivity contribution in [3.63, 3.8) is 0 Å². The molecule has 2 rings (SSSR count). The molecule has 0 bridgehead atoms. The van der Waals surface area contributed by atoms with E-state index in [0.717, 1.165) is 6.07 Å². The van der Waals surface area contributed by atoms with Gasteiger partial charge in [0.2, 0.25) is 0 Å². The maximum Gasteiger partial charge on any atom is 0.156 e. The van der Waals surface area contributed by atoms with E-state index < -0.39 is 5.82 Å². The number of ether oxygens (including phenoxy) is 1. The summed E-state index contributed by atoms with van der Waals surface area (Å²) in [7, 11) is 1.40. The molecule has 0 amide bonds. The smallest absolute Gasteiger partial charge is 0.156 e. The molecule has 2 aromatic rings. The highest BCUT2D eigenvalue weighted by molar-refractivity contribution is 6.40. The Morgan fingerprint density at radius 1 is 1.20 bits per heavy atom. The van der Waals surface area contributed by atoms with Crippen molar-refractivity contribution in [2.24, 2.45) is 0 Å². The van der Waals surface area contributed by atoms with E-state index in [4.69, 9.17) is 39.5 Å². The van der Waals surface area contributed by atoms with E-state index in [0.29, 0.717) is 12.1 Å². The highest BCUT2D eigenvalue weighted by Gasteiger charge is 2.22. The van der Waals surface area contributed by atoms with Crippen LogP contribution in [-0.4, -0.2) is 17.1 Å². The van der Waals surface area contributed by atoms with E-state index in [1.54, 1.807) is 0 Å². The average molecular weight is 336 g/mol. The molecule has 0 atom stereocenters. The standard InChI is InChI=1S/C13H10Cl3FN2O/c1-3-8-10(15)12(19-5-18-8)9-7(17)4-6(14)13(20-2)11(9)16/h4-5H,3H2,1-2H3. The minimum atomic E-state index is -0.622. The van der Waals surface area contributed by atoms with Gasteiger partial charge in [0.15, 0.2) is 5.75 Å². The predicted octanol–water partition coefficient (Wildman–Crippen LogP) is 4.81. The fourth-order valence-electron chi connectivity index (χ4n) is 1.80. The Morgan fingerprint density at radius 3 is 2.50 bits per heavy atom. The number of aryl methyl sites for hydroxylation is 1. The molecule has 0 aliphatic carbocycles. The van der Waals surface area contributed by atoms with E-state index in [1.165, 1.54) is 13.4 Å². The average Bonchev–Trinajstić information content (AvgIpc) is 2.40. The molecule has 3 nitrogen and oxygen atoms in total. The second-order valence-electron chi connectivity index (χ2n) is 3.90. The highest BCUT2D eigenvalue weighted by atomic mass is 35.5. The van der Waals surface area contributed by atoms with Crippen LogP contribution in [0.5, 0.6) is 5.75 Å². The van der Waals surface area contributed by atoms with Crippen molar-refractivity contribution in [2.75, 3.05) is 7.11 Å². The molecule has 0 aliphatic heterocycles. The van der Waals surface area contributed by atoms with Crippen LogP contribution in [0.25, 0.3) is 11.3 Å². The summed E-state index contributed by atoms with van der Waals surface area (Å²) in [6, 6.07) is 1.12. The Balaban J connectivity index is 2.76. The minimum Gasteiger partial charge on any atom is -0.494 e. The maximum atomic E-state index is 14.2. The van der Waals surface area contributed by atoms with Crippen LogP contribution in [0.3, 0.4) is 0 Å². The number of aromatic nitrogens is 2. The van der Waals surface area contributed by atoms with Gasteiger partial charge in [-0.05, 0) is 12.5 Å². The Hall–Kier alpha value is -1.10. The van der Waals surface area contributed by atoms with Crippen molar-refractivity contribution in [1.29, 1.82) is 0 Å². The van der Waals surface area contributed by atoms with Crippen molar-refractivity contribution in [2.45, 2.75) is 13.3 Å². The molecule has 0 saturated heterocycles. The van der Waals surface area contributed by atoms with E-state index in [2.05, 4.69) is 9.97 Å². The largest absolute Gasteiger partial charge is 0.494 e. The van der Waals surface area contributed by atoms with Crippen LogP contribution in [0.2, 0.25) is 15.1 Å². The normalized spacial score (nSPS) is 10.7. The summed E-state index contributed by atoms with van der Waals surface area (Å²) in [5, 5.41) is 0.375. The molecular weight excluding hydrogens is 326 g/mol. The van der Waals surface area contributed by atoms with E-state index in [-0.39, 0.29) is 32.1 Å². The molecule has 0 fully saturated rings. The monoisotopic (exact) mass is 334 g/mol. The van der Waals surface area contributed by atoms with Gasteiger partial charge in [0.05, 0.1) is 39.1 Å². The lowest BCUT2D eigenvalue weighted by Gasteiger charge is -2.13. The first kappa shape index (κ1) is 15.3. The molecule has 1 heterocycles. The van der Waals surface area contributed by atoms with Crippen LogP contribution in [0.1, 0.15) is 12.6 Å². The Bertz CT molecular complexity index is 665. The van der Waals surface area contributed by atoms with Gasteiger partial charge in [-0.15, -0.1) is 0 Å². The Kier molecular flexibility index (Phi) is 4.68. The van der Waals surface area contributed by atoms with Crippen molar-refractivity contribution in [1.82, 2.24) is 9.97 Å². The zero-order valence-corrected chi connectivity index (χ0v) is 12.9. The zero-order chi connectivity index (χ0) is 14.9. The first-order chi connectivity index (χ1) is 9.51. The summed E-state index contributed by atoms with van der Waals surface area (Å²) in [5.41, 5.74) is 0.882. The van der Waals surface area contributed by atoms with Gasteiger partial charge in [0.25, 0.3) is 0 Å². The van der Waals surface area contributed by atoms with Gasteiger partial charge in [0, 0.05) is 0 Å². The molecule has 0 spiro atoms. The topological polar surface area (TPSA) is 35.0 Å². The van der Waals surface area contributed by atoms with E-state index in [9.17, 15) is 4.39 Å². The molecule has 1 aromatic heterocycles. The second-order valence-corrected chi connectivity index (χ2v) is 5.06. The summed E-state index contributed by atoms with van der Waals surface area (Å²) in [6.45, 7) is 1.89. The molecular formula is C13H10Cl3FN2O. The molecule has 0 N–H and O–H groups in total. The SMILES string of the molecule is CCc1ncnc(-c2c(F)cc(Cl)c(OC)c2Cl)c1Cl. The number of methoxy groups -OCH3 is 1. The van der Waals surface area contributed by atoms with Gasteiger partial charge in [-0.2, -0.15) is 0 Å². The maximum absolute atomic E-state index is 14.2.